The number of nitrogens with zero attached hydrogens (tertiary/aromatic N) is 4. The van der Waals surface area contributed by atoms with Crippen LogP contribution in [0.3, 0.4) is 0 Å². The van der Waals surface area contributed by atoms with Crippen LogP contribution in [-0.2, 0) is 0 Å². The van der Waals surface area contributed by atoms with Crippen molar-refractivity contribution in [3.8, 4) is 22.9 Å². The zero-order chi connectivity index (χ0) is 18.1. The summed E-state index contributed by atoms with van der Waals surface area (Å²) < 4.78 is 5.45. The van der Waals surface area contributed by atoms with Gasteiger partial charge in [-0.25, -0.2) is 0 Å². The fraction of sp³-hybridized carbons (Fsp3) is 0. The molecule has 9 nitrogen and oxygen atoms in total. The standard InChI is InChI=1S/C14H6Cl2N4O5/c15-8-1-2-11(12(16)5-8)14-18-17-13(25-14)7-3-9(19(21)22)6-10(4-7)20(23)24/h1-6H. The second kappa shape index (κ2) is 6.46. The van der Waals surface area contributed by atoms with E-state index in [4.69, 9.17) is 27.6 Å². The van der Waals surface area contributed by atoms with Crippen LogP contribution in [0.5, 0.6) is 0 Å². The molecule has 0 aliphatic carbocycles. The normalized spacial score (nSPS) is 10.6. The molecular formula is C14H6Cl2N4O5. The molecule has 0 atom stereocenters. The lowest BCUT2D eigenvalue weighted by Crippen LogP contribution is -1.94. The Morgan fingerprint density at radius 3 is 2.04 bits per heavy atom. The predicted octanol–water partition coefficient (Wildman–Crippen LogP) is 4.53. The van der Waals surface area contributed by atoms with Crippen LogP contribution in [0.15, 0.2) is 40.8 Å². The predicted molar refractivity (Wildman–Crippen MR) is 88.5 cm³/mol. The van der Waals surface area contributed by atoms with Gasteiger partial charge in [-0.15, -0.1) is 10.2 Å². The summed E-state index contributed by atoms with van der Waals surface area (Å²) in [6.07, 6.45) is 0. The number of non-ortho nitro benzene ring substituents is 2. The number of aromatic nitrogens is 2. The Bertz CT molecular complexity index is 972. The van der Waals surface area contributed by atoms with Crippen molar-refractivity contribution in [3.63, 3.8) is 0 Å². The first-order chi connectivity index (χ1) is 11.8. The molecule has 0 radical (unpaired) electrons. The molecule has 126 valence electrons. The monoisotopic (exact) mass is 380 g/mol. The van der Waals surface area contributed by atoms with Gasteiger partial charge >= 0.3 is 0 Å². The van der Waals surface area contributed by atoms with Gasteiger partial charge in [0.05, 0.1) is 32.1 Å². The second-order valence-corrected chi connectivity index (χ2v) is 5.63. The molecule has 1 aromatic heterocycles. The van der Waals surface area contributed by atoms with E-state index in [9.17, 15) is 20.2 Å². The molecule has 3 rings (SSSR count). The third-order valence-electron chi connectivity index (χ3n) is 3.16. The third-order valence-corrected chi connectivity index (χ3v) is 3.71. The number of nitro groups is 2. The first-order valence-electron chi connectivity index (χ1n) is 6.58. The number of benzene rings is 2. The average molecular weight is 381 g/mol. The van der Waals surface area contributed by atoms with Gasteiger partial charge in [0.2, 0.25) is 11.8 Å². The van der Waals surface area contributed by atoms with Gasteiger partial charge in [-0.3, -0.25) is 20.2 Å². The van der Waals surface area contributed by atoms with Gasteiger partial charge in [0.15, 0.2) is 0 Å². The molecule has 0 amide bonds. The SMILES string of the molecule is O=[N+]([O-])c1cc(-c2nnc(-c3ccc(Cl)cc3Cl)o2)cc([N+](=O)[O-])c1. The Labute approximate surface area is 149 Å². The molecule has 0 fully saturated rings. The van der Waals surface area contributed by atoms with Crippen molar-refractivity contribution in [1.82, 2.24) is 10.2 Å². The van der Waals surface area contributed by atoms with Crippen molar-refractivity contribution < 1.29 is 14.3 Å². The number of rotatable bonds is 4. The maximum atomic E-state index is 10.9. The van der Waals surface area contributed by atoms with E-state index >= 15 is 0 Å². The molecule has 3 aromatic rings. The Hall–Kier alpha value is -3.04. The summed E-state index contributed by atoms with van der Waals surface area (Å²) in [7, 11) is 0. The highest BCUT2D eigenvalue weighted by atomic mass is 35.5. The lowest BCUT2D eigenvalue weighted by Gasteiger charge is -1.99. The number of nitro benzene ring substituents is 2. The van der Waals surface area contributed by atoms with Gasteiger partial charge in [-0.1, -0.05) is 23.2 Å². The van der Waals surface area contributed by atoms with E-state index < -0.39 is 21.2 Å². The summed E-state index contributed by atoms with van der Waals surface area (Å²) in [6, 6.07) is 7.68. The largest absolute Gasteiger partial charge is 0.416 e. The first-order valence-corrected chi connectivity index (χ1v) is 7.34. The highest BCUT2D eigenvalue weighted by Gasteiger charge is 2.21. The van der Waals surface area contributed by atoms with E-state index in [1.165, 1.54) is 6.07 Å². The van der Waals surface area contributed by atoms with Crippen LogP contribution in [0.2, 0.25) is 10.0 Å². The van der Waals surface area contributed by atoms with Crippen LogP contribution >= 0.6 is 23.2 Å². The zero-order valence-electron chi connectivity index (χ0n) is 12.1. The average Bonchev–Trinajstić information content (AvgIpc) is 3.04. The van der Waals surface area contributed by atoms with E-state index in [2.05, 4.69) is 10.2 Å². The molecule has 2 aromatic carbocycles. The van der Waals surface area contributed by atoms with E-state index in [-0.39, 0.29) is 22.4 Å². The Kier molecular flexibility index (Phi) is 4.34. The summed E-state index contributed by atoms with van der Waals surface area (Å²) in [4.78, 5) is 20.4. The molecule has 0 spiro atoms. The summed E-state index contributed by atoms with van der Waals surface area (Å²) in [5.74, 6) is -0.0707. The van der Waals surface area contributed by atoms with Gasteiger partial charge in [0, 0.05) is 17.2 Å². The van der Waals surface area contributed by atoms with Crippen LogP contribution in [0.4, 0.5) is 11.4 Å². The van der Waals surface area contributed by atoms with Crippen LogP contribution in [0, 0.1) is 20.2 Å². The summed E-state index contributed by atoms with van der Waals surface area (Å²) >= 11 is 11.9. The van der Waals surface area contributed by atoms with Crippen molar-refractivity contribution in [3.05, 3.63) is 66.7 Å². The Morgan fingerprint density at radius 1 is 0.880 bits per heavy atom. The molecule has 11 heteroatoms. The lowest BCUT2D eigenvalue weighted by molar-refractivity contribution is -0.394. The minimum atomic E-state index is -0.746. The van der Waals surface area contributed by atoms with E-state index in [0.717, 1.165) is 18.2 Å². The van der Waals surface area contributed by atoms with Crippen LogP contribution in [0.1, 0.15) is 0 Å². The molecule has 0 N–H and O–H groups in total. The first kappa shape index (κ1) is 16.8. The smallest absolute Gasteiger partial charge is 0.277 e. The molecule has 0 aliphatic rings. The number of hydrogen-bond acceptors (Lipinski definition) is 7. The van der Waals surface area contributed by atoms with Gasteiger partial charge in [0.1, 0.15) is 0 Å². The summed E-state index contributed by atoms with van der Waals surface area (Å²) in [6.45, 7) is 0. The molecule has 25 heavy (non-hydrogen) atoms. The molecular weight excluding hydrogens is 375 g/mol. The minimum absolute atomic E-state index is 0.0461. The zero-order valence-corrected chi connectivity index (χ0v) is 13.6. The highest BCUT2D eigenvalue weighted by molar-refractivity contribution is 6.36. The molecule has 0 saturated heterocycles. The minimum Gasteiger partial charge on any atom is -0.416 e. The Morgan fingerprint density at radius 2 is 1.48 bits per heavy atom. The van der Waals surface area contributed by atoms with Crippen LogP contribution in [-0.4, -0.2) is 20.0 Å². The molecule has 0 unspecified atom stereocenters. The van der Waals surface area contributed by atoms with Crippen LogP contribution < -0.4 is 0 Å². The molecule has 1 heterocycles. The highest BCUT2D eigenvalue weighted by Crippen LogP contribution is 2.33. The van der Waals surface area contributed by atoms with E-state index in [0.29, 0.717) is 10.6 Å². The van der Waals surface area contributed by atoms with Gasteiger partial charge < -0.3 is 4.42 Å². The maximum Gasteiger partial charge on any atom is 0.277 e. The maximum absolute atomic E-state index is 10.9. The van der Waals surface area contributed by atoms with Gasteiger partial charge in [0.25, 0.3) is 11.4 Å². The van der Waals surface area contributed by atoms with E-state index in [1.807, 2.05) is 0 Å². The lowest BCUT2D eigenvalue weighted by atomic mass is 10.1. The molecule has 0 aliphatic heterocycles. The fourth-order valence-corrected chi connectivity index (χ4v) is 2.53. The van der Waals surface area contributed by atoms with E-state index in [1.54, 1.807) is 12.1 Å². The quantitative estimate of drug-likeness (QED) is 0.480. The van der Waals surface area contributed by atoms with Crippen molar-refractivity contribution >= 4 is 34.6 Å². The molecule has 0 bridgehead atoms. The van der Waals surface area contributed by atoms with Gasteiger partial charge in [-0.2, -0.15) is 0 Å². The van der Waals surface area contributed by atoms with Crippen molar-refractivity contribution in [2.75, 3.05) is 0 Å². The summed E-state index contributed by atoms with van der Waals surface area (Å²) in [5.41, 5.74) is -0.476. The fourth-order valence-electron chi connectivity index (χ4n) is 2.04. The van der Waals surface area contributed by atoms with Crippen molar-refractivity contribution in [2.24, 2.45) is 0 Å². The van der Waals surface area contributed by atoms with Crippen LogP contribution in [0.25, 0.3) is 22.9 Å². The van der Waals surface area contributed by atoms with Crippen molar-refractivity contribution in [1.29, 1.82) is 0 Å². The Balaban J connectivity index is 2.08. The second-order valence-electron chi connectivity index (χ2n) is 4.79. The topological polar surface area (TPSA) is 125 Å². The summed E-state index contributed by atoms with van der Waals surface area (Å²) in [5, 5.41) is 30.2. The number of hydrogen-bond donors (Lipinski definition) is 0. The number of halogens is 2. The third kappa shape index (κ3) is 3.42. The van der Waals surface area contributed by atoms with Gasteiger partial charge in [-0.05, 0) is 18.2 Å². The van der Waals surface area contributed by atoms with Crippen molar-refractivity contribution in [2.45, 2.75) is 0 Å². The molecule has 0 saturated carbocycles.